The maximum Gasteiger partial charge on any atom is 0 e. The van der Waals surface area contributed by atoms with Crippen molar-refractivity contribution < 1.29 is 25.8 Å². The van der Waals surface area contributed by atoms with E-state index in [4.69, 9.17) is 9.72 Å². The molecule has 8 aromatic carbocycles. The molecule has 2 aliphatic rings. The van der Waals surface area contributed by atoms with Crippen molar-refractivity contribution >= 4 is 68.1 Å². The molecule has 0 atom stereocenters. The molecule has 0 saturated heterocycles. The van der Waals surface area contributed by atoms with Crippen molar-refractivity contribution in [3.05, 3.63) is 225 Å². The molecule has 9 aromatic rings. The first-order chi connectivity index (χ1) is 31.4. The van der Waals surface area contributed by atoms with Gasteiger partial charge in [-0.15, -0.1) is 0 Å². The first-order valence-electron chi connectivity index (χ1n) is 21.5. The monoisotopic (exact) mass is 1140 g/mol. The van der Waals surface area contributed by atoms with Gasteiger partial charge in [0, 0.05) is 32.2 Å². The Morgan fingerprint density at radius 2 is 1.14 bits per heavy atom. The summed E-state index contributed by atoms with van der Waals surface area (Å²) < 4.78 is 9.37. The molecule has 0 bridgehead atoms. The molecule has 3 heterocycles. The molecular formula is C58H43N4OPtTe-3. The van der Waals surface area contributed by atoms with Gasteiger partial charge < -0.3 is 0 Å². The van der Waals surface area contributed by atoms with E-state index >= 15 is 0 Å². The molecule has 2 aliphatic heterocycles. The van der Waals surface area contributed by atoms with E-state index in [1.807, 2.05) is 24.4 Å². The van der Waals surface area contributed by atoms with Crippen molar-refractivity contribution in [1.82, 2.24) is 4.98 Å². The summed E-state index contributed by atoms with van der Waals surface area (Å²) in [4.78, 5) is 11.7. The van der Waals surface area contributed by atoms with Gasteiger partial charge in [-0.2, -0.15) is 0 Å². The van der Waals surface area contributed by atoms with E-state index in [2.05, 4.69) is 230 Å². The predicted octanol–water partition coefficient (Wildman–Crippen LogP) is 13.6. The minimum Gasteiger partial charge on any atom is 0 e. The van der Waals surface area contributed by atoms with Crippen LogP contribution in [-0.4, -0.2) is 25.9 Å². The average molecular weight is 1130 g/mol. The Morgan fingerprint density at radius 3 is 1.91 bits per heavy atom. The number of pyridine rings is 1. The Morgan fingerprint density at radius 1 is 0.523 bits per heavy atom. The third-order valence-electron chi connectivity index (χ3n) is 11.8. The molecule has 5 nitrogen and oxygen atoms in total. The Hall–Kier alpha value is -6.41. The van der Waals surface area contributed by atoms with E-state index < -0.39 is 20.9 Å². The zero-order chi connectivity index (χ0) is 43.2. The van der Waals surface area contributed by atoms with Crippen molar-refractivity contribution in [3.63, 3.8) is 0 Å². The molecule has 0 radical (unpaired) electrons. The Balaban J connectivity index is 0.00000498. The molecule has 0 unspecified atom stereocenters. The van der Waals surface area contributed by atoms with Crippen molar-refractivity contribution in [1.29, 1.82) is 0 Å². The van der Waals surface area contributed by atoms with E-state index in [-0.39, 0.29) is 26.5 Å². The topological polar surface area (TPSA) is 31.8 Å². The van der Waals surface area contributed by atoms with E-state index in [1.54, 1.807) is 0 Å². The van der Waals surface area contributed by atoms with Crippen molar-refractivity contribution in [2.75, 3.05) is 14.7 Å². The van der Waals surface area contributed by atoms with Gasteiger partial charge in [-0.3, -0.25) is 0 Å². The van der Waals surface area contributed by atoms with Crippen LogP contribution < -0.4 is 26.7 Å². The molecule has 320 valence electrons. The molecular weight excluding hydrogens is 1090 g/mol. The maximum atomic E-state index is 6.70. The number of rotatable bonds is 8. The summed E-state index contributed by atoms with van der Waals surface area (Å²) in [5.74, 6) is 2.11. The average Bonchev–Trinajstić information content (AvgIpc) is 3.73. The Bertz CT molecular complexity index is 3170. The molecule has 65 heavy (non-hydrogen) atoms. The van der Waals surface area contributed by atoms with Crippen LogP contribution in [0, 0.1) is 18.8 Å². The van der Waals surface area contributed by atoms with Crippen molar-refractivity contribution in [2.24, 2.45) is 0 Å². The first-order valence-corrected chi connectivity index (χ1v) is 23.9. The van der Waals surface area contributed by atoms with Crippen molar-refractivity contribution in [2.45, 2.75) is 26.2 Å². The summed E-state index contributed by atoms with van der Waals surface area (Å²) in [5, 5.41) is 0. The van der Waals surface area contributed by atoms with Gasteiger partial charge in [0.1, 0.15) is 0 Å². The number of para-hydroxylation sites is 4. The Labute approximate surface area is 406 Å². The number of benzene rings is 8. The van der Waals surface area contributed by atoms with E-state index in [0.29, 0.717) is 11.5 Å². The van der Waals surface area contributed by atoms with Gasteiger partial charge in [0.05, 0.1) is 0 Å². The third-order valence-corrected chi connectivity index (χ3v) is 14.9. The first kappa shape index (κ1) is 42.5. The third kappa shape index (κ3) is 8.28. The second-order valence-corrected chi connectivity index (χ2v) is 20.0. The molecule has 0 N–H and O–H groups in total. The summed E-state index contributed by atoms with van der Waals surface area (Å²) in [7, 11) is 0. The van der Waals surface area contributed by atoms with Crippen LogP contribution in [0.4, 0.5) is 39.9 Å². The summed E-state index contributed by atoms with van der Waals surface area (Å²) in [5.41, 5.74) is 14.4. The summed E-state index contributed by atoms with van der Waals surface area (Å²) in [6, 6.07) is 76.0. The Kier molecular flexibility index (Phi) is 11.7. The van der Waals surface area contributed by atoms with Crippen LogP contribution >= 0.6 is 0 Å². The fourth-order valence-corrected chi connectivity index (χ4v) is 11.5. The van der Waals surface area contributed by atoms with Crippen LogP contribution in [0.1, 0.15) is 26.3 Å². The fourth-order valence-electron chi connectivity index (χ4n) is 8.59. The molecule has 0 aliphatic carbocycles. The normalized spacial score (nSPS) is 12.8. The molecule has 0 amide bonds. The quantitative estimate of drug-likeness (QED) is 0.112. The molecule has 0 saturated carbocycles. The molecule has 11 rings (SSSR count). The van der Waals surface area contributed by atoms with Gasteiger partial charge in [0.15, 0.2) is 0 Å². The standard InChI is InChI=1S/C58H43N4OTe.Pt/c1-58(2,3)44-33-34-59-56(36-44)62-52-29-12-13-30-54(52)64-55-32-31-47(38-53(55)62)63-46-24-15-23-45(37-46)60-39-61(51-28-11-10-27-50(51)60)57-48(41-19-8-5-9-20-41)25-16-26-49(57)43-22-14-21-42(35-43)40-17-6-4-7-18-40;/h4-36,39H,1-3H3;/q-3;. The number of fused-ring (bicyclic) bond motifs is 3. The maximum absolute atomic E-state index is 6.70. The van der Waals surface area contributed by atoms with E-state index in [9.17, 15) is 0 Å². The second kappa shape index (κ2) is 17.9. The zero-order valence-corrected chi connectivity index (χ0v) is 40.7. The van der Waals surface area contributed by atoms with E-state index in [0.717, 1.165) is 62.2 Å². The zero-order valence-electron chi connectivity index (χ0n) is 36.1. The van der Waals surface area contributed by atoms with Gasteiger partial charge in [-0.05, 0) is 28.3 Å². The van der Waals surface area contributed by atoms with E-state index in [1.165, 1.54) is 23.9 Å². The number of nitrogens with zero attached hydrogens (tertiary/aromatic N) is 4. The van der Waals surface area contributed by atoms with Gasteiger partial charge in [0.25, 0.3) is 0 Å². The van der Waals surface area contributed by atoms with Crippen LogP contribution in [0.25, 0.3) is 33.4 Å². The fraction of sp³-hybridized carbons (Fsp3) is 0.0690. The van der Waals surface area contributed by atoms with Crippen LogP contribution in [0.3, 0.4) is 0 Å². The summed E-state index contributed by atoms with van der Waals surface area (Å²) in [6.07, 6.45) is 1.92. The number of hydrogen-bond acceptors (Lipinski definition) is 5. The summed E-state index contributed by atoms with van der Waals surface area (Å²) >= 11 is -0.662. The SMILES string of the molecule is CC(C)(C)c1ccnc(N2c3[c-]c(Oc4[c-]c(N5[CH-]N(c6c(-c7ccccc7)cccc6-c6cccc(-c7ccccc7)c6)c6ccccc65)ccc4)ccc3[Te]c3ccccc32)c1.[Pt]. The number of ether oxygens (including phenoxy) is 1. The molecule has 1 aromatic heterocycles. The minimum absolute atomic E-state index is 0. The number of anilines is 7. The number of aromatic nitrogens is 1. The van der Waals surface area contributed by atoms with Gasteiger partial charge in [0.2, 0.25) is 0 Å². The largest absolute Gasteiger partial charge is 0 e. The smallest absolute Gasteiger partial charge is 0 e. The predicted molar refractivity (Wildman–Crippen MR) is 265 cm³/mol. The van der Waals surface area contributed by atoms with Crippen LogP contribution in [0.5, 0.6) is 11.5 Å². The van der Waals surface area contributed by atoms with Crippen LogP contribution in [0.15, 0.2) is 200 Å². The molecule has 0 spiro atoms. The number of hydrogen-bond donors (Lipinski definition) is 0. The van der Waals surface area contributed by atoms with Crippen LogP contribution in [-0.2, 0) is 26.5 Å². The molecule has 0 fully saturated rings. The van der Waals surface area contributed by atoms with Gasteiger partial charge >= 0.3 is 246 Å². The van der Waals surface area contributed by atoms with Gasteiger partial charge in [-0.25, -0.2) is 0 Å². The molecule has 7 heteroatoms. The summed E-state index contributed by atoms with van der Waals surface area (Å²) in [6.45, 7) is 8.91. The minimum atomic E-state index is -0.662. The second-order valence-electron chi connectivity index (χ2n) is 17.0. The van der Waals surface area contributed by atoms with Crippen LogP contribution in [0.2, 0.25) is 0 Å². The van der Waals surface area contributed by atoms with Gasteiger partial charge in [-0.1, -0.05) is 103 Å². The van der Waals surface area contributed by atoms with Crippen molar-refractivity contribution in [3.8, 4) is 44.9 Å².